The third kappa shape index (κ3) is 13.6. The van der Waals surface area contributed by atoms with Crippen LogP contribution in [0.1, 0.15) is 176 Å². The third-order valence-electron chi connectivity index (χ3n) is 14.7. The van der Waals surface area contributed by atoms with Crippen LogP contribution in [0.4, 0.5) is 0 Å². The van der Waals surface area contributed by atoms with Crippen LogP contribution in [0.5, 0.6) is 0 Å². The van der Waals surface area contributed by atoms with Gasteiger partial charge >= 0.3 is 73.4 Å². The molecule has 5 saturated carbocycles. The summed E-state index contributed by atoms with van der Waals surface area (Å²) in [5.74, 6) is 5.24. The molecule has 1 aliphatic heterocycles. The SMILES string of the molecule is C1CCC([PH+](C2CCCCC2)C2CCCCC2)CC1.CCC1CC(C)CC(C)C1N1[CH-]N(C2C(C)CC(C)CC2C)CC1.[Cl][Ru]([Cl])=[CH]c1ccccc1. The molecule has 1 saturated heterocycles. The van der Waals surface area contributed by atoms with E-state index in [2.05, 4.69) is 58.0 Å². The van der Waals surface area contributed by atoms with E-state index in [1.807, 2.05) is 34.9 Å². The Labute approximate surface area is 343 Å². The molecule has 7 rings (SSSR count). The molecule has 5 aliphatic carbocycles. The molecule has 0 aromatic heterocycles. The molecule has 0 amide bonds. The van der Waals surface area contributed by atoms with Crippen LogP contribution in [-0.2, 0) is 13.5 Å². The van der Waals surface area contributed by atoms with Gasteiger partial charge in [0.1, 0.15) is 0 Å². The second-order valence-electron chi connectivity index (χ2n) is 19.0. The van der Waals surface area contributed by atoms with Crippen molar-refractivity contribution in [3.8, 4) is 0 Å². The molecule has 0 spiro atoms. The minimum absolute atomic E-state index is 0.0465. The van der Waals surface area contributed by atoms with Crippen molar-refractivity contribution in [1.29, 1.82) is 0 Å². The van der Waals surface area contributed by atoms with Gasteiger partial charge in [0.2, 0.25) is 0 Å². The van der Waals surface area contributed by atoms with Gasteiger partial charge in [-0.15, -0.1) is 0 Å². The monoisotopic (exact) mass is 876 g/mol. The zero-order valence-electron chi connectivity index (χ0n) is 35.0. The molecule has 53 heavy (non-hydrogen) atoms. The number of nitrogens with zero attached hydrogens (tertiary/aromatic N) is 2. The first-order chi connectivity index (χ1) is 25.6. The summed E-state index contributed by atoms with van der Waals surface area (Å²) in [7, 11) is 11.3. The van der Waals surface area contributed by atoms with Crippen LogP contribution in [0.2, 0.25) is 0 Å². The van der Waals surface area contributed by atoms with E-state index in [4.69, 9.17) is 19.4 Å². The standard InChI is InChI=1S/C22H41N2.C18H33P.C7H6.2ClH.Ru/c1-7-20-13-16(3)12-19(6)22(20)24-9-8-23(14-24)21-17(4)10-15(2)11-18(21)5;1-4-10-16(11-5-1)19(17-12-6-2-7-13-17)18-14-8-3-9-15-18;1-7-5-3-2-4-6-7;;;/h14-22H,7-13H2,1-6H3;16-18H,1-15H2;1-6H;2*1H;/q-1;;;;;+2/p-1. The molecule has 6 atom stereocenters. The third-order valence-corrected chi connectivity index (χ3v) is 21.1. The Morgan fingerprint density at radius 1 is 0.623 bits per heavy atom. The van der Waals surface area contributed by atoms with Crippen LogP contribution in [0.25, 0.3) is 0 Å². The Hall–Kier alpha value is 0.643. The van der Waals surface area contributed by atoms with Gasteiger partial charge < -0.3 is 9.80 Å². The summed E-state index contributed by atoms with van der Waals surface area (Å²) in [6.07, 6.45) is 30.8. The number of halogens is 2. The zero-order valence-corrected chi connectivity index (χ0v) is 39.2. The van der Waals surface area contributed by atoms with Gasteiger partial charge in [-0.3, -0.25) is 0 Å². The van der Waals surface area contributed by atoms with Gasteiger partial charge in [-0.25, -0.2) is 6.67 Å². The summed E-state index contributed by atoms with van der Waals surface area (Å²) in [6, 6.07) is 11.4. The van der Waals surface area contributed by atoms with E-state index in [9.17, 15) is 0 Å². The molecule has 306 valence electrons. The van der Waals surface area contributed by atoms with Gasteiger partial charge in [-0.1, -0.05) is 67.2 Å². The molecule has 6 aliphatic rings. The number of hydrogen-bond acceptors (Lipinski definition) is 2. The second-order valence-corrected chi connectivity index (χ2v) is 28.2. The molecule has 6 unspecified atom stereocenters. The van der Waals surface area contributed by atoms with E-state index in [1.54, 1.807) is 96.3 Å². The van der Waals surface area contributed by atoms with Gasteiger partial charge in [0.05, 0.1) is 17.0 Å². The summed E-state index contributed by atoms with van der Waals surface area (Å²) >= 11 is -1.61. The quantitative estimate of drug-likeness (QED) is 0.153. The Bertz CT molecular complexity index is 1120. The number of rotatable bonds is 7. The minimum atomic E-state index is -1.61. The molecule has 6 fully saturated rings. The molecule has 1 aromatic rings. The molecular weight excluding hydrogens is 795 g/mol. The van der Waals surface area contributed by atoms with Crippen molar-refractivity contribution in [3.63, 3.8) is 0 Å². The summed E-state index contributed by atoms with van der Waals surface area (Å²) in [6.45, 7) is 19.9. The van der Waals surface area contributed by atoms with E-state index >= 15 is 0 Å². The first kappa shape index (κ1) is 44.7. The fourth-order valence-corrected chi connectivity index (χ4v) is 19.8. The van der Waals surface area contributed by atoms with Gasteiger partial charge in [-0.2, -0.15) is 0 Å². The van der Waals surface area contributed by atoms with Gasteiger partial charge in [0.25, 0.3) is 0 Å². The Morgan fingerprint density at radius 3 is 1.47 bits per heavy atom. The molecular formula is C47H81Cl2N2PRu. The van der Waals surface area contributed by atoms with E-state index in [-0.39, 0.29) is 7.92 Å². The van der Waals surface area contributed by atoms with Crippen LogP contribution < -0.4 is 0 Å². The van der Waals surface area contributed by atoms with Gasteiger partial charge in [0, 0.05) is 7.92 Å². The second kappa shape index (κ2) is 23.3. The van der Waals surface area contributed by atoms with Crippen LogP contribution >= 0.6 is 27.3 Å². The molecule has 2 nitrogen and oxygen atoms in total. The average Bonchev–Trinajstić information content (AvgIpc) is 3.62. The molecule has 6 heteroatoms. The van der Waals surface area contributed by atoms with Crippen molar-refractivity contribution in [2.45, 2.75) is 199 Å². The van der Waals surface area contributed by atoms with Crippen molar-refractivity contribution in [1.82, 2.24) is 9.80 Å². The topological polar surface area (TPSA) is 6.48 Å². The van der Waals surface area contributed by atoms with Crippen LogP contribution in [0.15, 0.2) is 30.3 Å². The molecule has 0 radical (unpaired) electrons. The van der Waals surface area contributed by atoms with Crippen molar-refractivity contribution in [3.05, 3.63) is 42.6 Å². The van der Waals surface area contributed by atoms with Crippen LogP contribution in [-0.4, -0.2) is 56.6 Å². The Morgan fingerprint density at radius 2 is 1.04 bits per heavy atom. The van der Waals surface area contributed by atoms with E-state index in [0.29, 0.717) is 0 Å². The maximum absolute atomic E-state index is 5.67. The van der Waals surface area contributed by atoms with Crippen LogP contribution in [0, 0.1) is 42.2 Å². The average molecular weight is 877 g/mol. The van der Waals surface area contributed by atoms with E-state index in [1.165, 1.54) is 62.2 Å². The normalized spacial score (nSPS) is 34.5. The summed E-state index contributed by atoms with van der Waals surface area (Å²) in [5, 5.41) is 0. The first-order valence-electron chi connectivity index (χ1n) is 22.8. The van der Waals surface area contributed by atoms with Crippen molar-refractivity contribution >= 4 is 31.9 Å². The van der Waals surface area contributed by atoms with E-state index in [0.717, 1.165) is 53.2 Å². The molecule has 0 bridgehead atoms. The predicted octanol–water partition coefficient (Wildman–Crippen LogP) is 14.2. The summed E-state index contributed by atoms with van der Waals surface area (Å²) in [4.78, 5) is 5.49. The summed E-state index contributed by atoms with van der Waals surface area (Å²) in [5.41, 5.74) is 4.80. The zero-order chi connectivity index (χ0) is 37.7. The Kier molecular flexibility index (Phi) is 19.7. The maximum atomic E-state index is 5.67. The Balaban J connectivity index is 0.000000166. The fourth-order valence-electron chi connectivity index (χ4n) is 12.8. The summed E-state index contributed by atoms with van der Waals surface area (Å²) < 4.78 is 1.92. The first-order valence-corrected chi connectivity index (χ1v) is 30.0. The van der Waals surface area contributed by atoms with Crippen molar-refractivity contribution in [2.24, 2.45) is 35.5 Å². The number of hydrogen-bond donors (Lipinski definition) is 0. The fraction of sp³-hybridized carbons (Fsp3) is 0.830. The molecule has 0 N–H and O–H groups in total. The number of benzene rings is 1. The van der Waals surface area contributed by atoms with E-state index < -0.39 is 13.5 Å². The van der Waals surface area contributed by atoms with Gasteiger partial charge in [-0.05, 0) is 163 Å². The van der Waals surface area contributed by atoms with Crippen molar-refractivity contribution in [2.75, 3.05) is 13.1 Å². The predicted molar refractivity (Wildman–Crippen MR) is 236 cm³/mol. The van der Waals surface area contributed by atoms with Gasteiger partial charge in [0.15, 0.2) is 0 Å². The van der Waals surface area contributed by atoms with Crippen LogP contribution in [0.3, 0.4) is 0 Å². The molecule has 1 heterocycles. The van der Waals surface area contributed by atoms with Crippen molar-refractivity contribution < 1.29 is 13.5 Å². The molecule has 1 aromatic carbocycles.